The number of nitrogens with one attached hydrogen (secondary N) is 1. The molecule has 0 radical (unpaired) electrons. The van der Waals surface area contributed by atoms with E-state index in [1.807, 2.05) is 38.1 Å². The minimum atomic E-state index is -0.403. The third kappa shape index (κ3) is 3.28. The quantitative estimate of drug-likeness (QED) is 0.776. The first-order valence-electron chi connectivity index (χ1n) is 8.20. The van der Waals surface area contributed by atoms with Gasteiger partial charge in [-0.05, 0) is 43.7 Å². The Morgan fingerprint density at radius 3 is 2.72 bits per heavy atom. The lowest BCUT2D eigenvalue weighted by Crippen LogP contribution is -2.35. The van der Waals surface area contributed by atoms with Crippen LogP contribution in [0.5, 0.6) is 0 Å². The Kier molecular flexibility index (Phi) is 4.61. The number of amides is 1. The maximum atomic E-state index is 12.6. The molecule has 0 saturated carbocycles. The molecule has 1 N–H and O–H groups in total. The minimum Gasteiger partial charge on any atom is -0.408 e. The fourth-order valence-corrected chi connectivity index (χ4v) is 2.86. The highest BCUT2D eigenvalue weighted by Crippen LogP contribution is 2.20. The number of benzene rings is 2. The summed E-state index contributed by atoms with van der Waals surface area (Å²) >= 11 is 0. The van der Waals surface area contributed by atoms with Crippen LogP contribution in [0.3, 0.4) is 0 Å². The summed E-state index contributed by atoms with van der Waals surface area (Å²) in [5.41, 5.74) is 3.96. The van der Waals surface area contributed by atoms with Crippen molar-refractivity contribution < 1.29 is 9.21 Å². The number of likely N-dealkylation sites (N-methyl/N-ethyl adjacent to an activating group) is 1. The molecule has 0 spiro atoms. The van der Waals surface area contributed by atoms with Gasteiger partial charge in [-0.15, -0.1) is 0 Å². The van der Waals surface area contributed by atoms with Crippen LogP contribution in [0.15, 0.2) is 51.7 Å². The second-order valence-corrected chi connectivity index (χ2v) is 5.89. The van der Waals surface area contributed by atoms with Crippen LogP contribution in [-0.2, 0) is 11.8 Å². The highest BCUT2D eigenvalue weighted by atomic mass is 16.4. The van der Waals surface area contributed by atoms with Crippen molar-refractivity contribution in [3.8, 4) is 0 Å². The Balaban J connectivity index is 1.76. The predicted molar refractivity (Wildman–Crippen MR) is 99.2 cm³/mol. The Hall–Kier alpha value is -3.02. The van der Waals surface area contributed by atoms with Crippen molar-refractivity contribution in [1.82, 2.24) is 4.57 Å². The van der Waals surface area contributed by atoms with E-state index < -0.39 is 5.76 Å². The number of aryl methyl sites for hydroxylation is 2. The summed E-state index contributed by atoms with van der Waals surface area (Å²) in [4.78, 5) is 25.9. The number of carbonyl (C=O) groups is 1. The number of hydrogen-bond donors (Lipinski definition) is 1. The van der Waals surface area contributed by atoms with E-state index in [2.05, 4.69) is 5.32 Å². The maximum absolute atomic E-state index is 12.6. The van der Waals surface area contributed by atoms with Crippen molar-refractivity contribution in [2.24, 2.45) is 7.05 Å². The van der Waals surface area contributed by atoms with Crippen molar-refractivity contribution in [3.05, 3.63) is 58.6 Å². The number of anilines is 2. The van der Waals surface area contributed by atoms with Crippen LogP contribution >= 0.6 is 0 Å². The summed E-state index contributed by atoms with van der Waals surface area (Å²) in [5.74, 6) is -0.419. The summed E-state index contributed by atoms with van der Waals surface area (Å²) in [5, 5.41) is 3.13. The molecule has 0 saturated heterocycles. The highest BCUT2D eigenvalue weighted by Gasteiger charge is 2.15. The van der Waals surface area contributed by atoms with Crippen LogP contribution in [-0.4, -0.2) is 23.6 Å². The summed E-state index contributed by atoms with van der Waals surface area (Å²) in [6, 6.07) is 13.2. The fourth-order valence-electron chi connectivity index (χ4n) is 2.86. The van der Waals surface area contributed by atoms with Crippen LogP contribution < -0.4 is 16.0 Å². The molecule has 0 aliphatic rings. The Bertz CT molecular complexity index is 971. The number of nitrogens with zero attached hydrogens (tertiary/aromatic N) is 2. The largest absolute Gasteiger partial charge is 0.419 e. The van der Waals surface area contributed by atoms with Gasteiger partial charge in [0.15, 0.2) is 5.58 Å². The first kappa shape index (κ1) is 16.8. The van der Waals surface area contributed by atoms with E-state index >= 15 is 0 Å². The number of rotatable bonds is 5. The molecule has 0 bridgehead atoms. The molecule has 1 heterocycles. The average Bonchev–Trinajstić information content (AvgIpc) is 2.89. The highest BCUT2D eigenvalue weighted by molar-refractivity contribution is 5.97. The standard InChI is InChI=1S/C19H21N3O3/c1-4-22(15-8-6-5-7-13(15)2)18(23)12-20-14-9-10-17-16(11-14)21(3)19(24)25-17/h5-11,20H,4,12H2,1-3H3. The molecule has 2 aromatic carbocycles. The summed E-state index contributed by atoms with van der Waals surface area (Å²) in [6.07, 6.45) is 0. The lowest BCUT2D eigenvalue weighted by atomic mass is 10.2. The number of oxazole rings is 1. The maximum Gasteiger partial charge on any atom is 0.419 e. The van der Waals surface area contributed by atoms with Crippen molar-refractivity contribution in [3.63, 3.8) is 0 Å². The molecular weight excluding hydrogens is 318 g/mol. The van der Waals surface area contributed by atoms with Crippen molar-refractivity contribution in [2.45, 2.75) is 13.8 Å². The molecule has 0 fully saturated rings. The Morgan fingerprint density at radius 2 is 2.00 bits per heavy atom. The Morgan fingerprint density at radius 1 is 1.24 bits per heavy atom. The van der Waals surface area contributed by atoms with Crippen molar-refractivity contribution in [2.75, 3.05) is 23.3 Å². The number of hydrogen-bond acceptors (Lipinski definition) is 4. The summed E-state index contributed by atoms with van der Waals surface area (Å²) in [6.45, 7) is 4.71. The van der Waals surface area contributed by atoms with Gasteiger partial charge < -0.3 is 14.6 Å². The molecule has 0 aliphatic heterocycles. The molecular formula is C19H21N3O3. The molecule has 1 aromatic heterocycles. The smallest absolute Gasteiger partial charge is 0.408 e. The predicted octanol–water partition coefficient (Wildman–Crippen LogP) is 2.90. The summed E-state index contributed by atoms with van der Waals surface area (Å²) in [7, 11) is 1.65. The van der Waals surface area contributed by atoms with Crippen molar-refractivity contribution >= 4 is 28.4 Å². The fraction of sp³-hybridized carbons (Fsp3) is 0.263. The van der Waals surface area contributed by atoms with E-state index in [0.717, 1.165) is 16.9 Å². The van der Waals surface area contributed by atoms with Crippen LogP contribution in [0.4, 0.5) is 11.4 Å². The van der Waals surface area contributed by atoms with Crippen molar-refractivity contribution in [1.29, 1.82) is 0 Å². The van der Waals surface area contributed by atoms with E-state index in [9.17, 15) is 9.59 Å². The van der Waals surface area contributed by atoms with Gasteiger partial charge >= 0.3 is 5.76 Å². The number of fused-ring (bicyclic) bond motifs is 1. The van der Waals surface area contributed by atoms with Crippen LogP contribution in [0.1, 0.15) is 12.5 Å². The molecule has 6 nitrogen and oxygen atoms in total. The van der Waals surface area contributed by atoms with E-state index in [-0.39, 0.29) is 12.5 Å². The van der Waals surface area contributed by atoms with E-state index in [4.69, 9.17) is 4.42 Å². The van der Waals surface area contributed by atoms with Crippen LogP contribution in [0.2, 0.25) is 0 Å². The second kappa shape index (κ2) is 6.84. The van der Waals surface area contributed by atoms with Gasteiger partial charge in [-0.2, -0.15) is 0 Å². The molecule has 3 rings (SSSR count). The van der Waals surface area contributed by atoms with Gasteiger partial charge in [-0.25, -0.2) is 4.79 Å². The number of aromatic nitrogens is 1. The molecule has 0 unspecified atom stereocenters. The van der Waals surface area contributed by atoms with Gasteiger partial charge in [0.05, 0.1) is 12.1 Å². The monoisotopic (exact) mass is 339 g/mol. The molecule has 1 amide bonds. The zero-order valence-corrected chi connectivity index (χ0v) is 14.6. The molecule has 0 aliphatic carbocycles. The molecule has 25 heavy (non-hydrogen) atoms. The lowest BCUT2D eigenvalue weighted by Gasteiger charge is -2.23. The van der Waals surface area contributed by atoms with Crippen LogP contribution in [0, 0.1) is 6.92 Å². The minimum absolute atomic E-state index is 0.0158. The van der Waals surface area contributed by atoms with Crippen LogP contribution in [0.25, 0.3) is 11.1 Å². The average molecular weight is 339 g/mol. The normalized spacial score (nSPS) is 10.8. The SMILES string of the molecule is CCN(C(=O)CNc1ccc2oc(=O)n(C)c2c1)c1ccccc1C. The van der Waals surface area contributed by atoms with Gasteiger partial charge in [-0.1, -0.05) is 18.2 Å². The second-order valence-electron chi connectivity index (χ2n) is 5.89. The number of para-hydroxylation sites is 1. The molecule has 6 heteroatoms. The van der Waals surface area contributed by atoms with Gasteiger partial charge in [0.2, 0.25) is 5.91 Å². The summed E-state index contributed by atoms with van der Waals surface area (Å²) < 4.78 is 6.55. The molecule has 0 atom stereocenters. The lowest BCUT2D eigenvalue weighted by molar-refractivity contribution is -0.116. The van der Waals surface area contributed by atoms with Gasteiger partial charge in [-0.3, -0.25) is 9.36 Å². The van der Waals surface area contributed by atoms with E-state index in [1.165, 1.54) is 4.57 Å². The number of carbonyl (C=O) groups excluding carboxylic acids is 1. The third-order valence-corrected chi connectivity index (χ3v) is 4.26. The Labute approximate surface area is 145 Å². The van der Waals surface area contributed by atoms with Gasteiger partial charge in [0.25, 0.3) is 0 Å². The van der Waals surface area contributed by atoms with E-state index in [0.29, 0.717) is 17.6 Å². The third-order valence-electron chi connectivity index (χ3n) is 4.26. The first-order chi connectivity index (χ1) is 12.0. The topological polar surface area (TPSA) is 67.5 Å². The molecule has 130 valence electrons. The zero-order valence-electron chi connectivity index (χ0n) is 14.6. The van der Waals surface area contributed by atoms with E-state index in [1.54, 1.807) is 30.1 Å². The zero-order chi connectivity index (χ0) is 18.0. The molecule has 3 aromatic rings. The first-order valence-corrected chi connectivity index (χ1v) is 8.20. The van der Waals surface area contributed by atoms with Gasteiger partial charge in [0, 0.05) is 25.0 Å². The van der Waals surface area contributed by atoms with Gasteiger partial charge in [0.1, 0.15) is 0 Å².